The van der Waals surface area contributed by atoms with Crippen molar-refractivity contribution in [1.82, 2.24) is 30.5 Å². The summed E-state index contributed by atoms with van der Waals surface area (Å²) in [6.07, 6.45) is -1.57. The van der Waals surface area contributed by atoms with Crippen molar-refractivity contribution in [3.05, 3.63) is 28.8 Å². The first-order valence-electron chi connectivity index (χ1n) is 16.7. The number of nitrogens with two attached hydrogens (primary N) is 1. The fourth-order valence-electron chi connectivity index (χ4n) is 5.36. The van der Waals surface area contributed by atoms with Gasteiger partial charge in [-0.1, -0.05) is 20.8 Å². The minimum atomic E-state index is -5.03. The highest BCUT2D eigenvalue weighted by Gasteiger charge is 2.39. The Kier molecular flexibility index (Phi) is 16.3. The molecule has 2 unspecified atom stereocenters. The number of hydrogen-bond donors (Lipinski definition) is 3. The predicted molar refractivity (Wildman–Crippen MR) is 187 cm³/mol. The topological polar surface area (TPSA) is 131 Å². The number of halogens is 5. The quantitative estimate of drug-likeness (QED) is 0.0844. The van der Waals surface area contributed by atoms with Crippen LogP contribution in [0.15, 0.2) is 6.07 Å². The fraction of sp³-hybridized carbons (Fsp3) is 0.588. The van der Waals surface area contributed by atoms with Crippen LogP contribution in [0.3, 0.4) is 0 Å². The molecule has 3 aromatic rings. The molecule has 4 rings (SSSR count). The minimum absolute atomic E-state index is 0.0568. The normalized spacial score (nSPS) is 15.0. The molecule has 1 aliphatic heterocycles. The number of hydrogen-bond acceptors (Lipinski definition) is 10. The van der Waals surface area contributed by atoms with Crippen molar-refractivity contribution >= 4 is 28.8 Å². The van der Waals surface area contributed by atoms with Gasteiger partial charge in [0.2, 0.25) is 12.3 Å². The second-order valence-electron chi connectivity index (χ2n) is 11.6. The van der Waals surface area contributed by atoms with Gasteiger partial charge < -0.3 is 30.7 Å². The number of rotatable bonds is 13. The molecule has 0 spiro atoms. The monoisotopic (exact) mass is 714 g/mol. The number of fused-ring (bicyclic) bond motifs is 1. The average molecular weight is 715 g/mol. The van der Waals surface area contributed by atoms with Crippen molar-refractivity contribution < 1.29 is 36.2 Å². The van der Waals surface area contributed by atoms with Crippen molar-refractivity contribution in [3.8, 4) is 23.1 Å². The zero-order valence-corrected chi connectivity index (χ0v) is 30.4. The Morgan fingerprint density at radius 2 is 1.86 bits per heavy atom. The zero-order chi connectivity index (χ0) is 37.8. The van der Waals surface area contributed by atoms with Crippen LogP contribution < -0.4 is 30.7 Å². The van der Waals surface area contributed by atoms with Crippen LogP contribution in [0.1, 0.15) is 65.0 Å². The summed E-state index contributed by atoms with van der Waals surface area (Å²) in [6, 6.07) is 1.21. The Balaban J connectivity index is 0.000000561. The van der Waals surface area contributed by atoms with E-state index in [4.69, 9.17) is 15.2 Å². The summed E-state index contributed by atoms with van der Waals surface area (Å²) in [5.41, 5.74) is 1.05. The Morgan fingerprint density at radius 3 is 2.40 bits per heavy atom. The summed E-state index contributed by atoms with van der Waals surface area (Å²) in [6.45, 7) is 14.7. The lowest BCUT2D eigenvalue weighted by molar-refractivity contribution is -0.137. The molecule has 1 amide bonds. The van der Waals surface area contributed by atoms with Gasteiger partial charge in [-0.2, -0.15) is 23.1 Å². The molecule has 0 aliphatic carbocycles. The standard InChI is InChI=1S/C24H29F5N6O2.C8H16N2O.C2H6/c1-7-11(2)37-22-15-20(33-23(36-6)34-21(15)35(5)9-8-31-4)18(26)19(32-22)13-10-14(30)17(25)12(3)16(13)24(27,28)29;1-8-3-2-5-10(8)6-4-9-7-11;1-2/h10-11,31H,7-9,30H2,1-6H3;7-8H,2-6H2,1H3,(H,9,11);1-2H3. The molecule has 1 aromatic carbocycles. The van der Waals surface area contributed by atoms with E-state index in [-0.39, 0.29) is 28.6 Å². The molecule has 3 heterocycles. The number of anilines is 2. The van der Waals surface area contributed by atoms with Gasteiger partial charge in [-0.25, -0.2) is 13.8 Å². The molecule has 280 valence electrons. The number of aromatic nitrogens is 3. The van der Waals surface area contributed by atoms with E-state index in [1.165, 1.54) is 26.5 Å². The first-order chi connectivity index (χ1) is 23.7. The van der Waals surface area contributed by atoms with Gasteiger partial charge in [0.15, 0.2) is 5.82 Å². The maximum atomic E-state index is 16.1. The Labute approximate surface area is 291 Å². The third-order valence-corrected chi connectivity index (χ3v) is 8.22. The van der Waals surface area contributed by atoms with Gasteiger partial charge >= 0.3 is 12.2 Å². The molecule has 50 heavy (non-hydrogen) atoms. The van der Waals surface area contributed by atoms with Gasteiger partial charge in [-0.3, -0.25) is 9.69 Å². The van der Waals surface area contributed by atoms with Crippen LogP contribution in [-0.4, -0.2) is 92.3 Å². The maximum absolute atomic E-state index is 16.1. The molecule has 11 nitrogen and oxygen atoms in total. The number of ether oxygens (including phenoxy) is 2. The van der Waals surface area contributed by atoms with Crippen molar-refractivity contribution in [1.29, 1.82) is 0 Å². The lowest BCUT2D eigenvalue weighted by atomic mass is 9.96. The van der Waals surface area contributed by atoms with Crippen molar-refractivity contribution in [2.24, 2.45) is 0 Å². The Bertz CT molecular complexity index is 1560. The van der Waals surface area contributed by atoms with E-state index < -0.39 is 52.0 Å². The van der Waals surface area contributed by atoms with Crippen molar-refractivity contribution in [3.63, 3.8) is 0 Å². The van der Waals surface area contributed by atoms with Gasteiger partial charge in [0.25, 0.3) is 0 Å². The number of amides is 1. The molecule has 0 saturated carbocycles. The van der Waals surface area contributed by atoms with Gasteiger partial charge in [-0.05, 0) is 65.3 Å². The van der Waals surface area contributed by atoms with E-state index in [2.05, 4.69) is 37.4 Å². The summed E-state index contributed by atoms with van der Waals surface area (Å²) in [5.74, 6) is -2.40. The molecule has 0 radical (unpaired) electrons. The van der Waals surface area contributed by atoms with Gasteiger partial charge in [0.05, 0.1) is 24.5 Å². The highest BCUT2D eigenvalue weighted by atomic mass is 19.4. The average Bonchev–Trinajstić information content (AvgIpc) is 3.51. The fourth-order valence-corrected chi connectivity index (χ4v) is 5.36. The number of benzene rings is 1. The van der Waals surface area contributed by atoms with Gasteiger partial charge in [0.1, 0.15) is 28.2 Å². The van der Waals surface area contributed by atoms with Gasteiger partial charge in [0, 0.05) is 44.8 Å². The number of nitrogens with one attached hydrogen (secondary N) is 2. The Hall–Kier alpha value is -4.05. The third-order valence-electron chi connectivity index (χ3n) is 8.22. The summed E-state index contributed by atoms with van der Waals surface area (Å²) in [4.78, 5) is 26.6. The lowest BCUT2D eigenvalue weighted by Crippen LogP contribution is -2.33. The van der Waals surface area contributed by atoms with Gasteiger partial charge in [-0.15, -0.1) is 0 Å². The first kappa shape index (κ1) is 42.1. The molecule has 16 heteroatoms. The summed E-state index contributed by atoms with van der Waals surface area (Å²) >= 11 is 0. The largest absolute Gasteiger partial charge is 0.474 e. The van der Waals surface area contributed by atoms with Crippen LogP contribution in [0.4, 0.5) is 33.5 Å². The van der Waals surface area contributed by atoms with Crippen LogP contribution in [-0.2, 0) is 11.0 Å². The summed E-state index contributed by atoms with van der Waals surface area (Å²) < 4.78 is 83.8. The van der Waals surface area contributed by atoms with E-state index in [9.17, 15) is 22.4 Å². The van der Waals surface area contributed by atoms with E-state index in [0.29, 0.717) is 31.6 Å². The van der Waals surface area contributed by atoms with Crippen molar-refractivity contribution in [2.75, 3.05) is 64.6 Å². The van der Waals surface area contributed by atoms with E-state index >= 15 is 4.39 Å². The smallest absolute Gasteiger partial charge is 0.417 e. The number of alkyl halides is 3. The number of likely N-dealkylation sites (tertiary alicyclic amines) is 1. The number of likely N-dealkylation sites (N-methyl/N-ethyl adjacent to an activating group) is 2. The van der Waals surface area contributed by atoms with Crippen molar-refractivity contribution in [2.45, 2.75) is 79.1 Å². The first-order valence-corrected chi connectivity index (χ1v) is 16.7. The summed E-state index contributed by atoms with van der Waals surface area (Å²) in [5, 5.41) is 5.72. The molecule has 0 bridgehead atoms. The highest BCUT2D eigenvalue weighted by molar-refractivity contribution is 5.97. The number of nitrogen functional groups attached to an aromatic ring is 1. The number of pyridine rings is 1. The number of nitrogens with zero attached hydrogens (tertiary/aromatic N) is 5. The van der Waals surface area contributed by atoms with E-state index in [1.54, 1.807) is 25.9 Å². The number of carbonyl (C=O) groups excluding carboxylic acids is 1. The second-order valence-corrected chi connectivity index (χ2v) is 11.6. The third kappa shape index (κ3) is 10.2. The number of carbonyl (C=O) groups is 1. The van der Waals surface area contributed by atoms with Crippen LogP contribution in [0, 0.1) is 18.6 Å². The molecule has 1 saturated heterocycles. The molecule has 1 fully saturated rings. The van der Waals surface area contributed by atoms with Crippen LogP contribution in [0.2, 0.25) is 0 Å². The minimum Gasteiger partial charge on any atom is -0.474 e. The van der Waals surface area contributed by atoms with Crippen LogP contribution >= 0.6 is 0 Å². The van der Waals surface area contributed by atoms with Crippen LogP contribution in [0.5, 0.6) is 11.9 Å². The van der Waals surface area contributed by atoms with Crippen LogP contribution in [0.25, 0.3) is 22.2 Å². The van der Waals surface area contributed by atoms with E-state index in [1.807, 2.05) is 20.8 Å². The molecular weight excluding hydrogens is 663 g/mol. The molecule has 2 aromatic heterocycles. The lowest BCUT2D eigenvalue weighted by Gasteiger charge is -2.23. The predicted octanol–water partition coefficient (Wildman–Crippen LogP) is 5.96. The second kappa shape index (κ2) is 19.4. The summed E-state index contributed by atoms with van der Waals surface area (Å²) in [7, 11) is 4.73. The molecule has 4 N–H and O–H groups in total. The maximum Gasteiger partial charge on any atom is 0.417 e. The molecule has 1 aliphatic rings. The molecule has 2 atom stereocenters. The molecular formula is C34H51F5N8O3. The number of methoxy groups -OCH3 is 1. The highest BCUT2D eigenvalue weighted by Crippen LogP contribution is 2.45. The van der Waals surface area contributed by atoms with E-state index in [0.717, 1.165) is 26.4 Å². The Morgan fingerprint density at radius 1 is 1.18 bits per heavy atom. The SMILES string of the molecule is CC.CC1CCCN1CCNC=O.CCC(C)Oc1nc(-c2cc(N)c(F)c(C)c2C(F)(F)F)c(F)c2nc(OC)nc(N(C)CCNC)c12. The zero-order valence-electron chi connectivity index (χ0n) is 30.4.